The number of rotatable bonds is 8. The molecule has 0 aliphatic carbocycles. The van der Waals surface area contributed by atoms with Crippen molar-refractivity contribution in [3.63, 3.8) is 0 Å². The molecule has 124 valence electrons. The van der Waals surface area contributed by atoms with Crippen molar-refractivity contribution < 1.29 is 18.6 Å². The Balaban J connectivity index is 3.05. The molecule has 22 heavy (non-hydrogen) atoms. The highest BCUT2D eigenvalue weighted by molar-refractivity contribution is 8.09. The minimum atomic E-state index is -2.72. The fourth-order valence-electron chi connectivity index (χ4n) is 1.70. The molecule has 0 radical (unpaired) electrons. The van der Waals surface area contributed by atoms with Crippen molar-refractivity contribution in [2.24, 2.45) is 0 Å². The SMILES string of the molecule is CCO[P@@](=S)(NC(C)C)Oc1ccccc1C(=O)OC(C)C. The lowest BCUT2D eigenvalue weighted by Gasteiger charge is -2.26. The van der Waals surface area contributed by atoms with E-state index in [1.54, 1.807) is 38.1 Å². The lowest BCUT2D eigenvalue weighted by Crippen LogP contribution is -2.24. The molecule has 0 spiro atoms. The van der Waals surface area contributed by atoms with E-state index < -0.39 is 12.6 Å². The Labute approximate surface area is 137 Å². The van der Waals surface area contributed by atoms with Gasteiger partial charge in [-0.15, -0.1) is 0 Å². The third kappa shape index (κ3) is 6.05. The summed E-state index contributed by atoms with van der Waals surface area (Å²) >= 11 is 5.50. The third-order valence-corrected chi connectivity index (χ3v) is 5.11. The highest BCUT2D eigenvalue weighted by Crippen LogP contribution is 2.46. The molecule has 0 aromatic heterocycles. The maximum atomic E-state index is 12.2. The first-order chi connectivity index (χ1) is 10.3. The molecule has 1 N–H and O–H groups in total. The molecule has 0 saturated heterocycles. The second-order valence-corrected chi connectivity index (χ2v) is 8.38. The Bertz CT molecular complexity index is 548. The molecular formula is C15H24NO4PS. The van der Waals surface area contributed by atoms with Gasteiger partial charge >= 0.3 is 12.6 Å². The first-order valence-corrected chi connectivity index (χ1v) is 9.93. The van der Waals surface area contributed by atoms with Gasteiger partial charge in [-0.3, -0.25) is 0 Å². The summed E-state index contributed by atoms with van der Waals surface area (Å²) in [7, 11) is 0. The van der Waals surface area contributed by atoms with Crippen LogP contribution in [-0.4, -0.2) is 24.7 Å². The second kappa shape index (κ2) is 8.63. The molecule has 1 aromatic carbocycles. The summed E-state index contributed by atoms with van der Waals surface area (Å²) in [4.78, 5) is 12.2. The number of benzene rings is 1. The summed E-state index contributed by atoms with van der Waals surface area (Å²) in [5, 5.41) is 3.14. The van der Waals surface area contributed by atoms with E-state index in [1.165, 1.54) is 0 Å². The maximum Gasteiger partial charge on any atom is 0.342 e. The van der Waals surface area contributed by atoms with E-state index in [4.69, 9.17) is 25.6 Å². The normalized spacial score (nSPS) is 14.0. The molecule has 5 nitrogen and oxygen atoms in total. The Morgan fingerprint density at radius 3 is 2.45 bits per heavy atom. The van der Waals surface area contributed by atoms with E-state index in [0.717, 1.165) is 0 Å². The molecule has 1 aromatic rings. The zero-order valence-corrected chi connectivity index (χ0v) is 15.4. The largest absolute Gasteiger partial charge is 0.459 e. The van der Waals surface area contributed by atoms with E-state index in [9.17, 15) is 4.79 Å². The molecule has 0 aliphatic rings. The van der Waals surface area contributed by atoms with Gasteiger partial charge in [-0.1, -0.05) is 12.1 Å². The van der Waals surface area contributed by atoms with Gasteiger partial charge in [0.25, 0.3) is 0 Å². The lowest BCUT2D eigenvalue weighted by atomic mass is 10.2. The highest BCUT2D eigenvalue weighted by Gasteiger charge is 2.24. The molecule has 0 saturated carbocycles. The molecule has 7 heteroatoms. The third-order valence-electron chi connectivity index (χ3n) is 2.38. The number of carbonyl (C=O) groups excluding carboxylic acids is 1. The summed E-state index contributed by atoms with van der Waals surface area (Å²) in [6.45, 7) is 7.07. The highest BCUT2D eigenvalue weighted by atomic mass is 32.5. The maximum absolute atomic E-state index is 12.2. The predicted octanol–water partition coefficient (Wildman–Crippen LogP) is 3.89. The monoisotopic (exact) mass is 345 g/mol. The molecular weight excluding hydrogens is 321 g/mol. The Morgan fingerprint density at radius 1 is 1.27 bits per heavy atom. The van der Waals surface area contributed by atoms with Crippen molar-refractivity contribution in [1.82, 2.24) is 5.09 Å². The number of ether oxygens (including phenoxy) is 1. The quantitative estimate of drug-likeness (QED) is 0.570. The van der Waals surface area contributed by atoms with E-state index in [2.05, 4.69) is 5.09 Å². The van der Waals surface area contributed by atoms with E-state index in [-0.39, 0.29) is 12.1 Å². The summed E-state index contributed by atoms with van der Waals surface area (Å²) in [5.74, 6) is -0.0636. The van der Waals surface area contributed by atoms with Crippen molar-refractivity contribution in [2.75, 3.05) is 6.61 Å². The van der Waals surface area contributed by atoms with Crippen LogP contribution in [0.15, 0.2) is 24.3 Å². The fourth-order valence-corrected chi connectivity index (χ4v) is 4.46. The standard InChI is InChI=1S/C15H24NO4PS/c1-6-18-21(22,16-11(2)3)20-14-10-8-7-9-13(14)15(17)19-12(4)5/h7-12H,6H2,1-5H3,(H,16,22)/t21-/m0/s1. The summed E-state index contributed by atoms with van der Waals surface area (Å²) in [6, 6.07) is 6.99. The van der Waals surface area contributed by atoms with Gasteiger partial charge in [0.15, 0.2) is 0 Å². The van der Waals surface area contributed by atoms with Gasteiger partial charge in [-0.05, 0) is 58.6 Å². The topological polar surface area (TPSA) is 56.8 Å². The number of carbonyl (C=O) groups is 1. The van der Waals surface area contributed by atoms with Crippen molar-refractivity contribution in [3.05, 3.63) is 29.8 Å². The molecule has 0 fully saturated rings. The number of hydrogen-bond acceptors (Lipinski definition) is 5. The van der Waals surface area contributed by atoms with Crippen LogP contribution >= 0.6 is 6.64 Å². The van der Waals surface area contributed by atoms with Crippen molar-refractivity contribution in [1.29, 1.82) is 0 Å². The van der Waals surface area contributed by atoms with Gasteiger partial charge in [0.05, 0.1) is 12.7 Å². The molecule has 0 amide bonds. The number of esters is 1. The minimum Gasteiger partial charge on any atom is -0.459 e. The van der Waals surface area contributed by atoms with Crippen molar-refractivity contribution >= 4 is 24.4 Å². The van der Waals surface area contributed by atoms with Gasteiger partial charge in [0.1, 0.15) is 11.3 Å². The fraction of sp³-hybridized carbons (Fsp3) is 0.533. The Hall–Kier alpha value is -0.940. The van der Waals surface area contributed by atoms with Crippen LogP contribution in [0.5, 0.6) is 5.75 Å². The van der Waals surface area contributed by atoms with Crippen molar-refractivity contribution in [2.45, 2.75) is 46.8 Å². The van der Waals surface area contributed by atoms with Crippen LogP contribution in [0, 0.1) is 0 Å². The number of nitrogens with one attached hydrogen (secondary N) is 1. The van der Waals surface area contributed by atoms with Gasteiger partial charge in [-0.25, -0.2) is 9.88 Å². The van der Waals surface area contributed by atoms with Gasteiger partial charge in [0.2, 0.25) is 0 Å². The summed E-state index contributed by atoms with van der Waals surface area (Å²) < 4.78 is 16.7. The zero-order valence-electron chi connectivity index (χ0n) is 13.7. The van der Waals surface area contributed by atoms with Crippen LogP contribution < -0.4 is 9.61 Å². The minimum absolute atomic E-state index is 0.104. The van der Waals surface area contributed by atoms with Crippen LogP contribution in [0.2, 0.25) is 0 Å². The van der Waals surface area contributed by atoms with E-state index >= 15 is 0 Å². The molecule has 0 heterocycles. The van der Waals surface area contributed by atoms with Crippen LogP contribution in [0.25, 0.3) is 0 Å². The number of hydrogen-bond donors (Lipinski definition) is 1. The summed E-state index contributed by atoms with van der Waals surface area (Å²) in [5.41, 5.74) is 0.343. The molecule has 1 atom stereocenters. The first-order valence-electron chi connectivity index (χ1n) is 7.29. The number of para-hydroxylation sites is 1. The smallest absolute Gasteiger partial charge is 0.342 e. The molecule has 0 unspecified atom stereocenters. The molecule has 0 bridgehead atoms. The van der Waals surface area contributed by atoms with Gasteiger partial charge < -0.3 is 13.8 Å². The van der Waals surface area contributed by atoms with Crippen LogP contribution in [-0.2, 0) is 21.1 Å². The van der Waals surface area contributed by atoms with Crippen LogP contribution in [0.3, 0.4) is 0 Å². The average molecular weight is 345 g/mol. The molecule has 1 rings (SSSR count). The molecule has 0 aliphatic heterocycles. The summed E-state index contributed by atoms with van der Waals surface area (Å²) in [6.07, 6.45) is -0.204. The predicted molar refractivity (Wildman–Crippen MR) is 91.8 cm³/mol. The second-order valence-electron chi connectivity index (χ2n) is 5.24. The van der Waals surface area contributed by atoms with E-state index in [0.29, 0.717) is 17.9 Å². The zero-order chi connectivity index (χ0) is 16.8. The van der Waals surface area contributed by atoms with Crippen molar-refractivity contribution in [3.8, 4) is 5.75 Å². The first kappa shape index (κ1) is 19.1. The van der Waals surface area contributed by atoms with E-state index in [1.807, 2.05) is 20.8 Å². The van der Waals surface area contributed by atoms with Gasteiger partial charge in [-0.2, -0.15) is 0 Å². The Kier molecular flexibility index (Phi) is 7.49. The average Bonchev–Trinajstić information content (AvgIpc) is 2.37. The Morgan fingerprint density at radius 2 is 1.91 bits per heavy atom. The van der Waals surface area contributed by atoms with Gasteiger partial charge in [0, 0.05) is 6.04 Å². The van der Waals surface area contributed by atoms with Crippen LogP contribution in [0.4, 0.5) is 0 Å². The lowest BCUT2D eigenvalue weighted by molar-refractivity contribution is 0.0376. The van der Waals surface area contributed by atoms with Crippen LogP contribution in [0.1, 0.15) is 45.0 Å².